The summed E-state index contributed by atoms with van der Waals surface area (Å²) in [5, 5.41) is 13.2. The first kappa shape index (κ1) is 18.6. The maximum atomic E-state index is 9.66. The lowest BCUT2D eigenvalue weighted by molar-refractivity contribution is 0.285. The highest BCUT2D eigenvalue weighted by atomic mass is 32.2. The van der Waals surface area contributed by atoms with Gasteiger partial charge in [-0.15, -0.1) is 11.8 Å². The molecule has 0 saturated carbocycles. The molecule has 26 heavy (non-hydrogen) atoms. The van der Waals surface area contributed by atoms with Crippen LogP contribution in [0.4, 0.5) is 0 Å². The molecule has 2 aromatic rings. The molecular weight excluding hydrogens is 346 g/mol. The smallest absolute Gasteiger partial charge is 0.230 e. The Kier molecular flexibility index (Phi) is 6.04. The van der Waals surface area contributed by atoms with Crippen molar-refractivity contribution >= 4 is 17.6 Å². The summed E-state index contributed by atoms with van der Waals surface area (Å²) in [6.45, 7) is 5.76. The number of thioether (sulfide) groups is 1. The van der Waals surface area contributed by atoms with E-state index in [0.29, 0.717) is 17.3 Å². The number of ether oxygens (including phenoxy) is 1. The van der Waals surface area contributed by atoms with Crippen LogP contribution in [0.15, 0.2) is 40.4 Å². The number of likely N-dealkylation sites (tertiary alicyclic amines) is 1. The molecule has 5 nitrogen and oxygen atoms in total. The average Bonchev–Trinajstić information content (AvgIpc) is 2.65. The van der Waals surface area contributed by atoms with Crippen molar-refractivity contribution in [3.05, 3.63) is 47.2 Å². The Morgan fingerprint density at radius 3 is 2.58 bits per heavy atom. The summed E-state index contributed by atoms with van der Waals surface area (Å²) in [6.07, 6.45) is 5.48. The first-order valence-corrected chi connectivity index (χ1v) is 10.1. The van der Waals surface area contributed by atoms with Crippen LogP contribution in [-0.4, -0.2) is 40.3 Å². The molecule has 0 amide bonds. The zero-order valence-electron chi connectivity index (χ0n) is 15.5. The van der Waals surface area contributed by atoms with E-state index in [0.717, 1.165) is 42.9 Å². The quantitative estimate of drug-likeness (QED) is 0.274. The molecule has 2 heterocycles. The molecule has 0 spiro atoms. The molecule has 0 atom stereocenters. The molecule has 138 valence electrons. The van der Waals surface area contributed by atoms with E-state index in [-0.39, 0.29) is 0 Å². The molecular formula is C20H25N3O2S. The van der Waals surface area contributed by atoms with Gasteiger partial charge < -0.3 is 14.8 Å². The first-order chi connectivity index (χ1) is 12.6. The van der Waals surface area contributed by atoms with E-state index in [4.69, 9.17) is 4.74 Å². The van der Waals surface area contributed by atoms with Gasteiger partial charge in [0.05, 0.1) is 5.56 Å². The third-order valence-electron chi connectivity index (χ3n) is 4.57. The number of pyridine rings is 1. The molecule has 1 saturated heterocycles. The van der Waals surface area contributed by atoms with Crippen LogP contribution in [0, 0.1) is 13.8 Å². The fraction of sp³-hybridized carbons (Fsp3) is 0.400. The highest BCUT2D eigenvalue weighted by molar-refractivity contribution is 7.98. The van der Waals surface area contributed by atoms with Crippen LogP contribution in [-0.2, 0) is 0 Å². The van der Waals surface area contributed by atoms with Crippen molar-refractivity contribution in [3.8, 4) is 11.6 Å². The number of hydrogen-bond acceptors (Lipinski definition) is 5. The number of hydrogen-bond donors (Lipinski definition) is 1. The number of oxime groups is 1. The third-order valence-corrected chi connectivity index (χ3v) is 5.47. The summed E-state index contributed by atoms with van der Waals surface area (Å²) < 4.78 is 6.11. The Hall–Kier alpha value is -2.21. The van der Waals surface area contributed by atoms with E-state index >= 15 is 0 Å². The highest BCUT2D eigenvalue weighted by Gasteiger charge is 2.22. The summed E-state index contributed by atoms with van der Waals surface area (Å²) in [6, 6.07) is 9.85. The fourth-order valence-corrected chi connectivity index (χ4v) is 3.79. The molecule has 0 unspecified atom stereocenters. The topological polar surface area (TPSA) is 58.0 Å². The Morgan fingerprint density at radius 2 is 1.92 bits per heavy atom. The van der Waals surface area contributed by atoms with Crippen LogP contribution >= 0.6 is 11.8 Å². The molecule has 1 aromatic carbocycles. The zero-order valence-corrected chi connectivity index (χ0v) is 16.3. The zero-order chi connectivity index (χ0) is 18.5. The SMILES string of the molecule is CSc1ccc(Oc2nc(C)ccc2/C(=N/O)N2CCCCC2)cc1C. The van der Waals surface area contributed by atoms with Gasteiger partial charge in [-0.2, -0.15) is 0 Å². The predicted molar refractivity (Wildman–Crippen MR) is 106 cm³/mol. The summed E-state index contributed by atoms with van der Waals surface area (Å²) >= 11 is 1.71. The molecule has 1 aliphatic heterocycles. The number of benzene rings is 1. The lowest BCUT2D eigenvalue weighted by atomic mass is 10.1. The minimum atomic E-state index is 0.472. The fourth-order valence-electron chi connectivity index (χ4n) is 3.20. The largest absolute Gasteiger partial charge is 0.438 e. The van der Waals surface area contributed by atoms with Gasteiger partial charge in [-0.05, 0) is 75.3 Å². The summed E-state index contributed by atoms with van der Waals surface area (Å²) in [7, 11) is 0. The van der Waals surface area contributed by atoms with E-state index in [1.807, 2.05) is 31.2 Å². The van der Waals surface area contributed by atoms with Crippen molar-refractivity contribution in [2.24, 2.45) is 5.16 Å². The van der Waals surface area contributed by atoms with E-state index in [1.165, 1.54) is 11.3 Å². The number of aryl methyl sites for hydroxylation is 2. The minimum absolute atomic E-state index is 0.472. The standard InChI is InChI=1S/C20H25N3O2S/c1-14-13-16(8-10-18(14)26-3)25-20-17(9-7-15(2)21-20)19(22-24)23-11-5-4-6-12-23/h7-10,13,24H,4-6,11-12H2,1-3H3/b22-19-. The molecule has 0 bridgehead atoms. The van der Waals surface area contributed by atoms with Crippen LogP contribution in [0.2, 0.25) is 0 Å². The molecule has 3 rings (SSSR count). The molecule has 1 aliphatic rings. The molecule has 6 heteroatoms. The number of nitrogens with zero attached hydrogens (tertiary/aromatic N) is 3. The van der Waals surface area contributed by atoms with Gasteiger partial charge in [-0.1, -0.05) is 5.16 Å². The van der Waals surface area contributed by atoms with Crippen LogP contribution in [0.1, 0.15) is 36.1 Å². The first-order valence-electron chi connectivity index (χ1n) is 8.90. The van der Waals surface area contributed by atoms with E-state index < -0.39 is 0 Å². The molecule has 1 N–H and O–H groups in total. The van der Waals surface area contributed by atoms with Gasteiger partial charge in [0.15, 0.2) is 5.84 Å². The Morgan fingerprint density at radius 1 is 1.15 bits per heavy atom. The molecule has 1 fully saturated rings. The van der Waals surface area contributed by atoms with Crippen LogP contribution < -0.4 is 4.74 Å². The predicted octanol–water partition coefficient (Wildman–Crippen LogP) is 4.83. The Labute approximate surface area is 159 Å². The van der Waals surface area contributed by atoms with Crippen molar-refractivity contribution in [2.75, 3.05) is 19.3 Å². The van der Waals surface area contributed by atoms with Crippen molar-refractivity contribution in [3.63, 3.8) is 0 Å². The number of amidine groups is 1. The van der Waals surface area contributed by atoms with Crippen LogP contribution in [0.25, 0.3) is 0 Å². The average molecular weight is 372 g/mol. The van der Waals surface area contributed by atoms with Gasteiger partial charge in [0, 0.05) is 23.7 Å². The van der Waals surface area contributed by atoms with Crippen molar-refractivity contribution in [2.45, 2.75) is 38.0 Å². The second-order valence-electron chi connectivity index (χ2n) is 6.51. The van der Waals surface area contributed by atoms with Gasteiger partial charge in [-0.3, -0.25) is 0 Å². The molecule has 0 radical (unpaired) electrons. The van der Waals surface area contributed by atoms with E-state index in [9.17, 15) is 5.21 Å². The lowest BCUT2D eigenvalue weighted by Crippen LogP contribution is -2.36. The second-order valence-corrected chi connectivity index (χ2v) is 7.36. The summed E-state index contributed by atoms with van der Waals surface area (Å²) in [4.78, 5) is 7.88. The van der Waals surface area contributed by atoms with Crippen molar-refractivity contribution < 1.29 is 9.94 Å². The third kappa shape index (κ3) is 4.12. The molecule has 1 aromatic heterocycles. The normalized spacial score (nSPS) is 15.2. The van der Waals surface area contributed by atoms with Gasteiger partial charge in [0.1, 0.15) is 5.75 Å². The van der Waals surface area contributed by atoms with Gasteiger partial charge >= 0.3 is 0 Å². The summed E-state index contributed by atoms with van der Waals surface area (Å²) in [5.41, 5.74) is 2.74. The Bertz CT molecular complexity index is 802. The number of rotatable bonds is 4. The monoisotopic (exact) mass is 371 g/mol. The highest BCUT2D eigenvalue weighted by Crippen LogP contribution is 2.29. The number of aromatic nitrogens is 1. The van der Waals surface area contributed by atoms with Gasteiger partial charge in [0.2, 0.25) is 5.88 Å². The maximum absolute atomic E-state index is 9.66. The molecule has 0 aliphatic carbocycles. The maximum Gasteiger partial charge on any atom is 0.230 e. The van der Waals surface area contributed by atoms with Crippen molar-refractivity contribution in [1.29, 1.82) is 0 Å². The second kappa shape index (κ2) is 8.45. The minimum Gasteiger partial charge on any atom is -0.438 e. The lowest BCUT2D eigenvalue weighted by Gasteiger charge is -2.29. The summed E-state index contributed by atoms with van der Waals surface area (Å²) in [5.74, 6) is 1.74. The van der Waals surface area contributed by atoms with Gasteiger partial charge in [-0.25, -0.2) is 4.98 Å². The van der Waals surface area contributed by atoms with Crippen LogP contribution in [0.5, 0.6) is 11.6 Å². The Balaban J connectivity index is 1.94. The number of piperidine rings is 1. The van der Waals surface area contributed by atoms with E-state index in [2.05, 4.69) is 34.3 Å². The van der Waals surface area contributed by atoms with Crippen LogP contribution in [0.3, 0.4) is 0 Å². The van der Waals surface area contributed by atoms with E-state index in [1.54, 1.807) is 11.8 Å². The van der Waals surface area contributed by atoms with Gasteiger partial charge in [0.25, 0.3) is 0 Å². The van der Waals surface area contributed by atoms with Crippen molar-refractivity contribution in [1.82, 2.24) is 9.88 Å².